The van der Waals surface area contributed by atoms with Gasteiger partial charge in [0.05, 0.1) is 0 Å². The van der Waals surface area contributed by atoms with Crippen LogP contribution in [0.25, 0.3) is 0 Å². The Labute approximate surface area is 94.8 Å². The van der Waals surface area contributed by atoms with Crippen molar-refractivity contribution < 1.29 is 4.79 Å². The van der Waals surface area contributed by atoms with E-state index >= 15 is 0 Å². The number of aromatic amines is 1. The molecule has 0 saturated carbocycles. The zero-order valence-corrected chi connectivity index (χ0v) is 9.97. The van der Waals surface area contributed by atoms with Gasteiger partial charge in [-0.25, -0.2) is 0 Å². The molecule has 0 spiro atoms. The minimum Gasteiger partial charge on any atom is -0.335 e. The molecule has 0 aromatic carbocycles. The average Bonchev–Trinajstić information content (AvgIpc) is 2.76. The Bertz CT molecular complexity index is 310. The molecule has 0 unspecified atom stereocenters. The second-order valence-electron chi connectivity index (χ2n) is 3.83. The second-order valence-corrected chi connectivity index (χ2v) is 3.83. The summed E-state index contributed by atoms with van der Waals surface area (Å²) in [6.07, 6.45) is 0.914. The zero-order valence-electron chi connectivity index (χ0n) is 9.97. The molecule has 1 rings (SSSR count). The van der Waals surface area contributed by atoms with E-state index in [1.165, 1.54) is 0 Å². The van der Waals surface area contributed by atoms with Gasteiger partial charge in [-0.2, -0.15) is 5.21 Å². The molecule has 1 amide bonds. The van der Waals surface area contributed by atoms with Crippen LogP contribution < -0.4 is 0 Å². The average molecular weight is 226 g/mol. The van der Waals surface area contributed by atoms with Gasteiger partial charge in [-0.3, -0.25) is 4.79 Å². The van der Waals surface area contributed by atoms with E-state index in [4.69, 9.17) is 0 Å². The number of rotatable bonds is 6. The standard InChI is InChI=1S/C9H18N6O/c1-4-5-15(7-6-14(2)3)9(16)8-10-12-13-11-8/h4-7H2,1-3H3,(H,10,11,12,13). The first kappa shape index (κ1) is 12.6. The van der Waals surface area contributed by atoms with Crippen LogP contribution in [0.5, 0.6) is 0 Å². The van der Waals surface area contributed by atoms with Gasteiger partial charge in [0.25, 0.3) is 11.7 Å². The van der Waals surface area contributed by atoms with E-state index in [0.717, 1.165) is 13.0 Å². The predicted molar refractivity (Wildman–Crippen MR) is 58.9 cm³/mol. The number of hydrogen-bond acceptors (Lipinski definition) is 5. The summed E-state index contributed by atoms with van der Waals surface area (Å²) in [5, 5.41) is 13.1. The number of H-pyrrole nitrogens is 1. The fourth-order valence-corrected chi connectivity index (χ4v) is 1.30. The topological polar surface area (TPSA) is 78.0 Å². The number of nitrogens with zero attached hydrogens (tertiary/aromatic N) is 5. The fourth-order valence-electron chi connectivity index (χ4n) is 1.30. The predicted octanol–water partition coefficient (Wildman–Crippen LogP) is -0.386. The molecule has 1 N–H and O–H groups in total. The van der Waals surface area contributed by atoms with Gasteiger partial charge in [0.1, 0.15) is 0 Å². The molecule has 90 valence electrons. The molecular formula is C9H18N6O. The van der Waals surface area contributed by atoms with E-state index in [0.29, 0.717) is 13.1 Å². The molecule has 0 aliphatic rings. The number of nitrogens with one attached hydrogen (secondary N) is 1. The van der Waals surface area contributed by atoms with Crippen molar-refractivity contribution in [3.63, 3.8) is 0 Å². The Balaban J connectivity index is 2.58. The van der Waals surface area contributed by atoms with E-state index in [1.54, 1.807) is 4.90 Å². The van der Waals surface area contributed by atoms with Crippen molar-refractivity contribution in [2.75, 3.05) is 33.7 Å². The molecule has 7 heteroatoms. The third-order valence-corrected chi connectivity index (χ3v) is 2.13. The van der Waals surface area contributed by atoms with Gasteiger partial charge >= 0.3 is 0 Å². The van der Waals surface area contributed by atoms with Gasteiger partial charge in [-0.1, -0.05) is 6.92 Å². The maximum absolute atomic E-state index is 11.9. The number of aromatic nitrogens is 4. The smallest absolute Gasteiger partial charge is 0.295 e. The van der Waals surface area contributed by atoms with Crippen LogP contribution in [0.1, 0.15) is 24.0 Å². The van der Waals surface area contributed by atoms with Crippen molar-refractivity contribution in [3.8, 4) is 0 Å². The molecular weight excluding hydrogens is 208 g/mol. The molecule has 16 heavy (non-hydrogen) atoms. The quantitative estimate of drug-likeness (QED) is 0.715. The lowest BCUT2D eigenvalue weighted by atomic mass is 10.3. The second kappa shape index (κ2) is 6.16. The Kier molecular flexibility index (Phi) is 4.84. The Hall–Kier alpha value is -1.50. The highest BCUT2D eigenvalue weighted by Gasteiger charge is 2.18. The van der Waals surface area contributed by atoms with Gasteiger partial charge in [0.15, 0.2) is 0 Å². The molecule has 1 aromatic rings. The van der Waals surface area contributed by atoms with Crippen LogP contribution in [0.4, 0.5) is 0 Å². The highest BCUT2D eigenvalue weighted by atomic mass is 16.2. The van der Waals surface area contributed by atoms with Crippen molar-refractivity contribution in [2.45, 2.75) is 13.3 Å². The van der Waals surface area contributed by atoms with Crippen LogP contribution in [-0.2, 0) is 0 Å². The van der Waals surface area contributed by atoms with E-state index in [2.05, 4.69) is 20.6 Å². The lowest BCUT2D eigenvalue weighted by Crippen LogP contribution is -2.37. The van der Waals surface area contributed by atoms with E-state index in [9.17, 15) is 4.79 Å². The first-order valence-electron chi connectivity index (χ1n) is 5.32. The number of hydrogen-bond donors (Lipinski definition) is 1. The summed E-state index contributed by atoms with van der Waals surface area (Å²) in [5.74, 6) is -0.0374. The zero-order chi connectivity index (χ0) is 12.0. The molecule has 7 nitrogen and oxygen atoms in total. The molecule has 1 heterocycles. The molecule has 0 fully saturated rings. The van der Waals surface area contributed by atoms with Crippen molar-refractivity contribution in [3.05, 3.63) is 5.82 Å². The highest BCUT2D eigenvalue weighted by molar-refractivity contribution is 5.90. The molecule has 0 aliphatic heterocycles. The summed E-state index contributed by atoms with van der Waals surface area (Å²) < 4.78 is 0. The van der Waals surface area contributed by atoms with E-state index in [1.807, 2.05) is 25.9 Å². The number of carbonyl (C=O) groups is 1. The van der Waals surface area contributed by atoms with Gasteiger partial charge in [-0.05, 0) is 25.7 Å². The number of tetrazole rings is 1. The monoisotopic (exact) mass is 226 g/mol. The van der Waals surface area contributed by atoms with Crippen LogP contribution in [-0.4, -0.2) is 70.1 Å². The van der Waals surface area contributed by atoms with Gasteiger partial charge in [0.2, 0.25) is 0 Å². The van der Waals surface area contributed by atoms with Crippen molar-refractivity contribution >= 4 is 5.91 Å². The van der Waals surface area contributed by atoms with Crippen LogP contribution >= 0.6 is 0 Å². The van der Waals surface area contributed by atoms with Gasteiger partial charge in [-0.15, -0.1) is 10.2 Å². The summed E-state index contributed by atoms with van der Waals surface area (Å²) in [6, 6.07) is 0. The lowest BCUT2D eigenvalue weighted by Gasteiger charge is -2.22. The van der Waals surface area contributed by atoms with Crippen LogP contribution in [0.3, 0.4) is 0 Å². The third-order valence-electron chi connectivity index (χ3n) is 2.13. The number of amides is 1. The Morgan fingerprint density at radius 2 is 2.06 bits per heavy atom. The van der Waals surface area contributed by atoms with Crippen molar-refractivity contribution in [2.24, 2.45) is 0 Å². The first-order chi connectivity index (χ1) is 7.65. The molecule has 0 saturated heterocycles. The maximum Gasteiger partial charge on any atom is 0.295 e. The van der Waals surface area contributed by atoms with E-state index in [-0.39, 0.29) is 11.7 Å². The first-order valence-corrected chi connectivity index (χ1v) is 5.32. The molecule has 0 atom stereocenters. The summed E-state index contributed by atoms with van der Waals surface area (Å²) in [7, 11) is 3.95. The largest absolute Gasteiger partial charge is 0.335 e. The molecule has 0 radical (unpaired) electrons. The third kappa shape index (κ3) is 3.58. The van der Waals surface area contributed by atoms with Crippen LogP contribution in [0, 0.1) is 0 Å². The lowest BCUT2D eigenvalue weighted by molar-refractivity contribution is 0.0732. The highest BCUT2D eigenvalue weighted by Crippen LogP contribution is 1.99. The van der Waals surface area contributed by atoms with Crippen molar-refractivity contribution in [1.29, 1.82) is 0 Å². The number of likely N-dealkylation sites (N-methyl/N-ethyl adjacent to an activating group) is 1. The van der Waals surface area contributed by atoms with Crippen LogP contribution in [0.15, 0.2) is 0 Å². The summed E-state index contributed by atoms with van der Waals surface area (Å²) in [6.45, 7) is 4.24. The summed E-state index contributed by atoms with van der Waals surface area (Å²) in [4.78, 5) is 15.7. The Morgan fingerprint density at radius 3 is 2.56 bits per heavy atom. The van der Waals surface area contributed by atoms with Crippen molar-refractivity contribution in [1.82, 2.24) is 30.4 Å². The van der Waals surface area contributed by atoms with Gasteiger partial charge < -0.3 is 9.80 Å². The molecule has 0 aliphatic carbocycles. The summed E-state index contributed by atoms with van der Waals surface area (Å²) >= 11 is 0. The van der Waals surface area contributed by atoms with Gasteiger partial charge in [0, 0.05) is 19.6 Å². The summed E-state index contributed by atoms with van der Waals surface area (Å²) in [5.41, 5.74) is 0. The van der Waals surface area contributed by atoms with E-state index < -0.39 is 0 Å². The maximum atomic E-state index is 11.9. The molecule has 1 aromatic heterocycles. The fraction of sp³-hybridized carbons (Fsp3) is 0.778. The SMILES string of the molecule is CCCN(CCN(C)C)C(=O)c1nn[nH]n1. The minimum absolute atomic E-state index is 0.132. The Morgan fingerprint density at radius 1 is 1.31 bits per heavy atom. The van der Waals surface area contributed by atoms with Crippen LogP contribution in [0.2, 0.25) is 0 Å². The minimum atomic E-state index is -0.169. The number of carbonyl (C=O) groups excluding carboxylic acids is 1. The molecule has 0 bridgehead atoms. The normalized spacial score (nSPS) is 10.8.